The molecule has 1 saturated heterocycles. The van der Waals surface area contributed by atoms with Crippen LogP contribution in [0.1, 0.15) is 43.4 Å². The summed E-state index contributed by atoms with van der Waals surface area (Å²) in [5.74, 6) is -0.986. The number of ether oxygens (including phenoxy) is 2. The first-order valence-electron chi connectivity index (χ1n) is 14.3. The number of nitrogens with one attached hydrogen (secondary N) is 1. The highest BCUT2D eigenvalue weighted by Crippen LogP contribution is 2.62. The van der Waals surface area contributed by atoms with Crippen molar-refractivity contribution in [3.63, 3.8) is 0 Å². The number of fused-ring (bicyclic) bond motifs is 6. The molecule has 0 radical (unpaired) electrons. The summed E-state index contributed by atoms with van der Waals surface area (Å²) in [6, 6.07) is 28.8. The first-order valence-corrected chi connectivity index (χ1v) is 14.3. The molecule has 3 aliphatic heterocycles. The van der Waals surface area contributed by atoms with Gasteiger partial charge in [-0.15, -0.1) is 0 Å². The van der Waals surface area contributed by atoms with Gasteiger partial charge < -0.3 is 19.7 Å². The Kier molecular flexibility index (Phi) is 6.51. The Morgan fingerprint density at radius 2 is 1.55 bits per heavy atom. The molecule has 8 nitrogen and oxygen atoms in total. The second kappa shape index (κ2) is 10.5. The van der Waals surface area contributed by atoms with Crippen molar-refractivity contribution in [3.8, 4) is 17.6 Å². The van der Waals surface area contributed by atoms with E-state index in [1.54, 1.807) is 55.6 Å². The van der Waals surface area contributed by atoms with Crippen LogP contribution in [-0.4, -0.2) is 42.1 Å². The van der Waals surface area contributed by atoms with Crippen molar-refractivity contribution in [2.24, 2.45) is 5.92 Å². The lowest BCUT2D eigenvalue weighted by Crippen LogP contribution is -2.49. The van der Waals surface area contributed by atoms with Crippen LogP contribution in [0.4, 0.5) is 5.69 Å². The SMILES string of the molecule is COc1ccc(C(=O)[C@@H]2[C@H](C(=O)c3ccc(OCC#N)cc3)[C@]3(C(=O)Nc4ccccc43)[C@H]3c4ccccc4C=CN23)cc1. The van der Waals surface area contributed by atoms with E-state index in [1.807, 2.05) is 71.8 Å². The van der Waals surface area contributed by atoms with E-state index in [-0.39, 0.29) is 24.1 Å². The van der Waals surface area contributed by atoms with Crippen LogP contribution < -0.4 is 14.8 Å². The summed E-state index contributed by atoms with van der Waals surface area (Å²) in [6.45, 7) is -0.128. The fourth-order valence-corrected chi connectivity index (χ4v) is 7.10. The Bertz CT molecular complexity index is 1880. The summed E-state index contributed by atoms with van der Waals surface area (Å²) < 4.78 is 10.7. The molecule has 1 N–H and O–H groups in total. The zero-order chi connectivity index (χ0) is 30.4. The summed E-state index contributed by atoms with van der Waals surface area (Å²) in [5.41, 5.74) is 2.42. The Balaban J connectivity index is 1.46. The van der Waals surface area contributed by atoms with Gasteiger partial charge in [-0.25, -0.2) is 0 Å². The van der Waals surface area contributed by atoms with Gasteiger partial charge >= 0.3 is 0 Å². The number of carbonyl (C=O) groups is 3. The van der Waals surface area contributed by atoms with Crippen molar-refractivity contribution < 1.29 is 23.9 Å². The number of ketones is 2. The Labute approximate surface area is 254 Å². The van der Waals surface area contributed by atoms with Crippen LogP contribution in [-0.2, 0) is 10.2 Å². The maximum Gasteiger partial charge on any atom is 0.238 e. The predicted molar refractivity (Wildman–Crippen MR) is 163 cm³/mol. The van der Waals surface area contributed by atoms with Crippen molar-refractivity contribution in [1.29, 1.82) is 5.26 Å². The smallest absolute Gasteiger partial charge is 0.238 e. The largest absolute Gasteiger partial charge is 0.497 e. The molecule has 1 amide bonds. The number of carbonyl (C=O) groups excluding carboxylic acids is 3. The standard InChI is InChI=1S/C36H27N3O5/c1-43-25-14-10-24(11-15-25)33(41)31-30(32(40)23-12-16-26(17-13-23)44-21-19-37)36(28-8-4-5-9-29(28)38-35(36)42)34-27-7-3-2-6-22(27)18-20-39(31)34/h2-18,20,30-31,34H,21H2,1H3,(H,38,42)/t30-,31+,34-,36+/m1/s1. The zero-order valence-corrected chi connectivity index (χ0v) is 23.8. The molecule has 8 heteroatoms. The number of hydrogen-bond acceptors (Lipinski definition) is 7. The number of rotatable bonds is 7. The molecule has 3 heterocycles. The predicted octanol–water partition coefficient (Wildman–Crippen LogP) is 5.58. The van der Waals surface area contributed by atoms with Crippen LogP contribution in [0.5, 0.6) is 11.5 Å². The lowest BCUT2D eigenvalue weighted by atomic mass is 9.62. The molecule has 0 aromatic heterocycles. The Morgan fingerprint density at radius 3 is 2.27 bits per heavy atom. The maximum absolute atomic E-state index is 14.9. The molecule has 4 aromatic rings. The third-order valence-corrected chi connectivity index (χ3v) is 8.94. The van der Waals surface area contributed by atoms with Crippen LogP contribution in [0.3, 0.4) is 0 Å². The van der Waals surface area contributed by atoms with E-state index in [0.29, 0.717) is 33.9 Å². The molecule has 0 aliphatic carbocycles. The van der Waals surface area contributed by atoms with Gasteiger partial charge in [0.05, 0.1) is 19.1 Å². The van der Waals surface area contributed by atoms with Crippen LogP contribution in [0, 0.1) is 17.2 Å². The van der Waals surface area contributed by atoms with E-state index >= 15 is 0 Å². The Morgan fingerprint density at radius 1 is 0.886 bits per heavy atom. The van der Waals surface area contributed by atoms with Crippen LogP contribution in [0.25, 0.3) is 6.08 Å². The minimum absolute atomic E-state index is 0.128. The highest BCUT2D eigenvalue weighted by Gasteiger charge is 2.70. The van der Waals surface area contributed by atoms with Crippen molar-refractivity contribution in [2.45, 2.75) is 17.5 Å². The minimum Gasteiger partial charge on any atom is -0.497 e. The monoisotopic (exact) mass is 581 g/mol. The number of amides is 1. The van der Waals surface area contributed by atoms with Gasteiger partial charge in [0.2, 0.25) is 5.91 Å². The number of nitrogens with zero attached hydrogens (tertiary/aromatic N) is 2. The topological polar surface area (TPSA) is 109 Å². The summed E-state index contributed by atoms with van der Waals surface area (Å²) in [7, 11) is 1.56. The zero-order valence-electron chi connectivity index (χ0n) is 23.8. The third-order valence-electron chi connectivity index (χ3n) is 8.94. The second-order valence-corrected chi connectivity index (χ2v) is 11.0. The molecule has 1 fully saturated rings. The molecule has 0 saturated carbocycles. The summed E-state index contributed by atoms with van der Waals surface area (Å²) in [6.07, 6.45) is 3.78. The average molecular weight is 582 g/mol. The number of hydrogen-bond donors (Lipinski definition) is 1. The van der Waals surface area contributed by atoms with Gasteiger partial charge in [-0.3, -0.25) is 14.4 Å². The fourth-order valence-electron chi connectivity index (χ4n) is 7.10. The number of Topliss-reactive ketones (excluding diaryl/α,β-unsaturated/α-hetero) is 2. The van der Waals surface area contributed by atoms with Crippen LogP contribution in [0.2, 0.25) is 0 Å². The molecule has 216 valence electrons. The molecule has 1 spiro atoms. The second-order valence-electron chi connectivity index (χ2n) is 11.0. The number of para-hydroxylation sites is 1. The molecule has 7 rings (SSSR count). The van der Waals surface area contributed by atoms with Gasteiger partial charge in [0, 0.05) is 23.0 Å². The number of anilines is 1. The molecular formula is C36H27N3O5. The first-order chi connectivity index (χ1) is 21.5. The van der Waals surface area contributed by atoms with Crippen molar-refractivity contribution >= 4 is 29.2 Å². The molecule has 3 aliphatic rings. The van der Waals surface area contributed by atoms with Gasteiger partial charge in [-0.05, 0) is 77.4 Å². The lowest BCUT2D eigenvalue weighted by molar-refractivity contribution is -0.122. The van der Waals surface area contributed by atoms with E-state index in [1.165, 1.54) is 0 Å². The quantitative estimate of drug-likeness (QED) is 0.284. The van der Waals surface area contributed by atoms with Gasteiger partial charge in [0.25, 0.3) is 0 Å². The first kappa shape index (κ1) is 27.2. The normalized spacial score (nSPS) is 22.4. The van der Waals surface area contributed by atoms with Crippen LogP contribution in [0.15, 0.2) is 103 Å². The van der Waals surface area contributed by atoms with E-state index in [4.69, 9.17) is 14.7 Å². The highest BCUT2D eigenvalue weighted by atomic mass is 16.5. The Hall–Kier alpha value is -5.68. The lowest BCUT2D eigenvalue weighted by Gasteiger charge is -2.38. The molecule has 0 bridgehead atoms. The fraction of sp³-hybridized carbons (Fsp3) is 0.167. The minimum atomic E-state index is -1.42. The van der Waals surface area contributed by atoms with Crippen molar-refractivity contribution in [3.05, 3.63) is 131 Å². The van der Waals surface area contributed by atoms with E-state index in [9.17, 15) is 14.4 Å². The molecule has 44 heavy (non-hydrogen) atoms. The number of nitriles is 1. The average Bonchev–Trinajstić information content (AvgIpc) is 3.55. The summed E-state index contributed by atoms with van der Waals surface area (Å²) in [4.78, 5) is 46.0. The third kappa shape index (κ3) is 3.93. The van der Waals surface area contributed by atoms with Crippen LogP contribution >= 0.6 is 0 Å². The van der Waals surface area contributed by atoms with Gasteiger partial charge in [-0.2, -0.15) is 5.26 Å². The maximum atomic E-state index is 14.9. The summed E-state index contributed by atoms with van der Waals surface area (Å²) in [5, 5.41) is 12.0. The van der Waals surface area contributed by atoms with Gasteiger partial charge in [-0.1, -0.05) is 42.5 Å². The van der Waals surface area contributed by atoms with Crippen molar-refractivity contribution in [2.75, 3.05) is 19.0 Å². The number of methoxy groups -OCH3 is 1. The van der Waals surface area contributed by atoms with Gasteiger partial charge in [0.15, 0.2) is 18.2 Å². The molecular weight excluding hydrogens is 554 g/mol. The highest BCUT2D eigenvalue weighted by molar-refractivity contribution is 6.16. The molecule has 0 unspecified atom stereocenters. The molecule has 4 aromatic carbocycles. The van der Waals surface area contributed by atoms with E-state index in [2.05, 4.69) is 5.32 Å². The van der Waals surface area contributed by atoms with Gasteiger partial charge in [0.1, 0.15) is 29.0 Å². The number of benzene rings is 4. The van der Waals surface area contributed by atoms with Crippen molar-refractivity contribution in [1.82, 2.24) is 4.90 Å². The molecule has 4 atom stereocenters. The summed E-state index contributed by atoms with van der Waals surface area (Å²) >= 11 is 0. The van der Waals surface area contributed by atoms with E-state index < -0.39 is 23.4 Å². The van der Waals surface area contributed by atoms with E-state index in [0.717, 1.165) is 11.1 Å².